The van der Waals surface area contributed by atoms with Crippen LogP contribution >= 0.6 is 11.8 Å². The molecule has 1 unspecified atom stereocenters. The number of nitrogens with zero attached hydrogens (tertiary/aromatic N) is 4. The molecule has 5 nitrogen and oxygen atoms in total. The number of hydrogen-bond acceptors (Lipinski definition) is 4. The number of nitrogens with one attached hydrogen (secondary N) is 1. The Kier molecular flexibility index (Phi) is 3.48. The van der Waals surface area contributed by atoms with Gasteiger partial charge in [-0.15, -0.1) is 0 Å². The van der Waals surface area contributed by atoms with Gasteiger partial charge in [0.2, 0.25) is 0 Å². The summed E-state index contributed by atoms with van der Waals surface area (Å²) in [4.78, 5) is 8.61. The van der Waals surface area contributed by atoms with E-state index in [0.29, 0.717) is 18.5 Å². The topological polar surface area (TPSA) is 55.1 Å². The van der Waals surface area contributed by atoms with Gasteiger partial charge in [-0.05, 0) is 5.92 Å². The van der Waals surface area contributed by atoms with E-state index in [2.05, 4.69) is 34.2 Å². The summed E-state index contributed by atoms with van der Waals surface area (Å²) in [7, 11) is 1.86. The minimum Gasteiger partial charge on any atom is -0.361 e. The zero-order chi connectivity index (χ0) is 11.5. The average molecular weight is 239 g/mol. The Bertz CT molecular complexity index is 384. The zero-order valence-corrected chi connectivity index (χ0v) is 10.7. The van der Waals surface area contributed by atoms with E-state index in [1.807, 2.05) is 7.05 Å². The van der Waals surface area contributed by atoms with Crippen LogP contribution in [0.5, 0.6) is 0 Å². The lowest BCUT2D eigenvalue weighted by molar-refractivity contribution is 0.503. The van der Waals surface area contributed by atoms with E-state index in [1.54, 1.807) is 22.8 Å². The summed E-state index contributed by atoms with van der Waals surface area (Å²) in [5.41, 5.74) is 0. The van der Waals surface area contributed by atoms with Crippen LogP contribution in [-0.2, 0) is 13.6 Å². The molecule has 0 aliphatic carbocycles. The van der Waals surface area contributed by atoms with Crippen LogP contribution in [0.25, 0.3) is 0 Å². The Morgan fingerprint density at radius 3 is 3.06 bits per heavy atom. The lowest BCUT2D eigenvalue weighted by Crippen LogP contribution is -2.31. The monoisotopic (exact) mass is 239 g/mol. The first-order chi connectivity index (χ1) is 7.65. The maximum atomic E-state index is 4.47. The predicted molar refractivity (Wildman–Crippen MR) is 66.4 cm³/mol. The summed E-state index contributed by atoms with van der Waals surface area (Å²) in [5.74, 6) is 2.52. The fourth-order valence-corrected chi connectivity index (χ4v) is 2.66. The van der Waals surface area contributed by atoms with E-state index in [9.17, 15) is 0 Å². The molecule has 1 atom stereocenters. The molecule has 88 valence electrons. The highest BCUT2D eigenvalue weighted by Crippen LogP contribution is 2.19. The van der Waals surface area contributed by atoms with Crippen LogP contribution in [0.3, 0.4) is 0 Å². The van der Waals surface area contributed by atoms with Crippen molar-refractivity contribution in [3.8, 4) is 0 Å². The Labute approximate surface area is 99.7 Å². The zero-order valence-electron chi connectivity index (χ0n) is 9.84. The molecule has 0 spiro atoms. The average Bonchev–Trinajstić information content (AvgIpc) is 2.83. The van der Waals surface area contributed by atoms with Gasteiger partial charge in [-0.2, -0.15) is 5.10 Å². The fraction of sp³-hybridized carbons (Fsp3) is 0.700. The van der Waals surface area contributed by atoms with Crippen molar-refractivity contribution >= 4 is 16.9 Å². The third kappa shape index (κ3) is 2.75. The van der Waals surface area contributed by atoms with Crippen molar-refractivity contribution in [2.24, 2.45) is 18.0 Å². The second kappa shape index (κ2) is 4.86. The van der Waals surface area contributed by atoms with Crippen molar-refractivity contribution in [3.63, 3.8) is 0 Å². The van der Waals surface area contributed by atoms with E-state index in [4.69, 9.17) is 0 Å². The molecule has 6 heteroatoms. The third-order valence-electron chi connectivity index (χ3n) is 2.52. The van der Waals surface area contributed by atoms with E-state index in [0.717, 1.165) is 16.7 Å². The molecule has 0 radical (unpaired) electrons. The SMILES string of the molecule is CC(C)C1CSC(=NCc2ncn(C)n2)N1. The molecular formula is C10H17N5S. The van der Waals surface area contributed by atoms with Gasteiger partial charge in [-0.1, -0.05) is 25.6 Å². The molecule has 16 heavy (non-hydrogen) atoms. The van der Waals surface area contributed by atoms with Gasteiger partial charge in [0.15, 0.2) is 11.0 Å². The molecule has 0 amide bonds. The minimum atomic E-state index is 0.542. The molecule has 0 bridgehead atoms. The predicted octanol–water partition coefficient (Wildman–Crippen LogP) is 1.03. The molecule has 1 aromatic rings. The normalized spacial score (nSPS) is 23.0. The van der Waals surface area contributed by atoms with Crippen LogP contribution in [0.1, 0.15) is 19.7 Å². The van der Waals surface area contributed by atoms with Crippen LogP contribution in [0.2, 0.25) is 0 Å². The highest BCUT2D eigenvalue weighted by atomic mass is 32.2. The molecule has 1 aliphatic heterocycles. The summed E-state index contributed by atoms with van der Waals surface area (Å²) in [6, 6.07) is 0.542. The lowest BCUT2D eigenvalue weighted by atomic mass is 10.1. The Balaban J connectivity index is 1.90. The number of rotatable bonds is 3. The Morgan fingerprint density at radius 1 is 1.69 bits per heavy atom. The van der Waals surface area contributed by atoms with Crippen molar-refractivity contribution in [2.75, 3.05) is 5.75 Å². The van der Waals surface area contributed by atoms with Crippen molar-refractivity contribution < 1.29 is 0 Å². The fourth-order valence-electron chi connectivity index (χ4n) is 1.46. The number of aliphatic imine (C=N–C) groups is 1. The second-order valence-corrected chi connectivity index (χ2v) is 5.27. The molecule has 1 N–H and O–H groups in total. The number of amidine groups is 1. The first kappa shape index (κ1) is 11.4. The number of aromatic nitrogens is 3. The van der Waals surface area contributed by atoms with Crippen LogP contribution < -0.4 is 5.32 Å². The molecule has 1 aliphatic rings. The lowest BCUT2D eigenvalue weighted by Gasteiger charge is -2.12. The minimum absolute atomic E-state index is 0.542. The second-order valence-electron chi connectivity index (χ2n) is 4.26. The quantitative estimate of drug-likeness (QED) is 0.856. The van der Waals surface area contributed by atoms with Crippen LogP contribution in [0, 0.1) is 5.92 Å². The number of hydrogen-bond donors (Lipinski definition) is 1. The third-order valence-corrected chi connectivity index (χ3v) is 3.57. The van der Waals surface area contributed by atoms with Crippen LogP contribution in [-0.4, -0.2) is 31.7 Å². The van der Waals surface area contributed by atoms with Gasteiger partial charge in [-0.3, -0.25) is 9.67 Å². The number of thioether (sulfide) groups is 1. The van der Waals surface area contributed by atoms with Gasteiger partial charge >= 0.3 is 0 Å². The Morgan fingerprint density at radius 2 is 2.50 bits per heavy atom. The molecule has 0 saturated carbocycles. The summed E-state index contributed by atoms with van der Waals surface area (Å²) >= 11 is 1.78. The highest BCUT2D eigenvalue weighted by molar-refractivity contribution is 8.14. The maximum Gasteiger partial charge on any atom is 0.172 e. The number of aryl methyl sites for hydroxylation is 1. The van der Waals surface area contributed by atoms with Gasteiger partial charge in [0, 0.05) is 18.8 Å². The molecule has 2 rings (SSSR count). The van der Waals surface area contributed by atoms with Crippen LogP contribution in [0.15, 0.2) is 11.3 Å². The van der Waals surface area contributed by atoms with Crippen LogP contribution in [0.4, 0.5) is 0 Å². The van der Waals surface area contributed by atoms with Gasteiger partial charge in [0.25, 0.3) is 0 Å². The summed E-state index contributed by atoms with van der Waals surface area (Å²) in [6.07, 6.45) is 1.70. The standard InChI is InChI=1S/C10H17N5S/c1-7(2)8-5-16-10(13-8)11-4-9-12-6-15(3)14-9/h6-8H,4-5H2,1-3H3,(H,11,13). The van der Waals surface area contributed by atoms with Gasteiger partial charge < -0.3 is 5.32 Å². The molecule has 2 heterocycles. The summed E-state index contributed by atoms with van der Waals surface area (Å²) in [6.45, 7) is 5.00. The van der Waals surface area contributed by atoms with E-state index in [1.165, 1.54) is 0 Å². The first-order valence-electron chi connectivity index (χ1n) is 5.43. The van der Waals surface area contributed by atoms with Crippen molar-refractivity contribution in [1.82, 2.24) is 20.1 Å². The first-order valence-corrected chi connectivity index (χ1v) is 6.42. The molecular weight excluding hydrogens is 222 g/mol. The molecule has 1 aromatic heterocycles. The molecule has 1 fully saturated rings. The molecule has 1 saturated heterocycles. The van der Waals surface area contributed by atoms with E-state index < -0.39 is 0 Å². The van der Waals surface area contributed by atoms with Crippen molar-refractivity contribution in [1.29, 1.82) is 0 Å². The van der Waals surface area contributed by atoms with Gasteiger partial charge in [-0.25, -0.2) is 4.98 Å². The van der Waals surface area contributed by atoms with Crippen molar-refractivity contribution in [3.05, 3.63) is 12.2 Å². The highest BCUT2D eigenvalue weighted by Gasteiger charge is 2.22. The van der Waals surface area contributed by atoms with Gasteiger partial charge in [0.05, 0.1) is 0 Å². The van der Waals surface area contributed by atoms with E-state index in [-0.39, 0.29) is 0 Å². The maximum absolute atomic E-state index is 4.47. The largest absolute Gasteiger partial charge is 0.361 e. The van der Waals surface area contributed by atoms with Crippen molar-refractivity contribution in [2.45, 2.75) is 26.4 Å². The summed E-state index contributed by atoms with van der Waals surface area (Å²) in [5, 5.41) is 8.62. The van der Waals surface area contributed by atoms with E-state index >= 15 is 0 Å². The smallest absolute Gasteiger partial charge is 0.172 e. The molecule has 0 aromatic carbocycles. The summed E-state index contributed by atoms with van der Waals surface area (Å²) < 4.78 is 1.70. The van der Waals surface area contributed by atoms with Gasteiger partial charge in [0.1, 0.15) is 12.9 Å². The Hall–Kier alpha value is -1.04.